The number of ether oxygens (including phenoxy) is 1. The van der Waals surface area contributed by atoms with E-state index in [0.717, 1.165) is 5.56 Å². The smallest absolute Gasteiger partial charge is 0.411 e. The third kappa shape index (κ3) is 4.21. The van der Waals surface area contributed by atoms with E-state index in [1.165, 1.54) is 6.07 Å². The van der Waals surface area contributed by atoms with Crippen molar-refractivity contribution in [3.05, 3.63) is 59.9 Å². The second-order valence-corrected chi connectivity index (χ2v) is 4.75. The normalized spacial score (nSPS) is 10.0. The number of carbonyl (C=O) groups excluding carboxylic acids is 1. The Morgan fingerprint density at radius 2 is 1.90 bits per heavy atom. The molecule has 1 N–H and O–H groups in total. The Morgan fingerprint density at radius 1 is 1.19 bits per heavy atom. The second kappa shape index (κ2) is 6.74. The summed E-state index contributed by atoms with van der Waals surface area (Å²) in [7, 11) is 3.50. The first-order valence-electron chi connectivity index (χ1n) is 6.51. The van der Waals surface area contributed by atoms with Gasteiger partial charge >= 0.3 is 6.09 Å². The summed E-state index contributed by atoms with van der Waals surface area (Å²) in [5, 5.41) is 2.50. The third-order valence-corrected chi connectivity index (χ3v) is 2.89. The largest absolute Gasteiger partial charge is 0.444 e. The topological polar surface area (TPSA) is 41.6 Å². The molecule has 0 saturated carbocycles. The molecule has 0 aliphatic heterocycles. The van der Waals surface area contributed by atoms with E-state index in [0.29, 0.717) is 11.4 Å². The van der Waals surface area contributed by atoms with E-state index in [4.69, 9.17) is 4.74 Å². The number of nitrogens with zero attached hydrogens (tertiary/aromatic N) is 1. The lowest BCUT2D eigenvalue weighted by atomic mass is 10.2. The van der Waals surface area contributed by atoms with Gasteiger partial charge in [0.05, 0.1) is 5.69 Å². The molecular formula is C16H17FN2O2. The maximum Gasteiger partial charge on any atom is 0.411 e. The zero-order valence-corrected chi connectivity index (χ0v) is 12.0. The van der Waals surface area contributed by atoms with Crippen molar-refractivity contribution in [3.63, 3.8) is 0 Å². The van der Waals surface area contributed by atoms with Gasteiger partial charge in [0.25, 0.3) is 0 Å². The monoisotopic (exact) mass is 288 g/mol. The number of benzene rings is 2. The molecule has 4 nitrogen and oxygen atoms in total. The van der Waals surface area contributed by atoms with Crippen molar-refractivity contribution >= 4 is 17.5 Å². The number of hydrogen-bond donors (Lipinski definition) is 1. The van der Waals surface area contributed by atoms with E-state index in [-0.39, 0.29) is 6.61 Å². The Hall–Kier alpha value is -2.56. The molecular weight excluding hydrogens is 271 g/mol. The van der Waals surface area contributed by atoms with Crippen LogP contribution in [0.1, 0.15) is 5.56 Å². The lowest BCUT2D eigenvalue weighted by molar-refractivity contribution is 0.155. The van der Waals surface area contributed by atoms with Crippen molar-refractivity contribution in [3.8, 4) is 0 Å². The van der Waals surface area contributed by atoms with Gasteiger partial charge in [-0.05, 0) is 23.8 Å². The van der Waals surface area contributed by atoms with Crippen molar-refractivity contribution in [2.75, 3.05) is 24.3 Å². The first-order chi connectivity index (χ1) is 10.1. The highest BCUT2D eigenvalue weighted by Crippen LogP contribution is 2.21. The summed E-state index contributed by atoms with van der Waals surface area (Å²) in [5.74, 6) is -0.402. The maximum absolute atomic E-state index is 13.8. The first-order valence-corrected chi connectivity index (χ1v) is 6.51. The molecule has 2 aromatic rings. The zero-order chi connectivity index (χ0) is 15.2. The molecule has 0 aromatic heterocycles. The van der Waals surface area contributed by atoms with E-state index >= 15 is 0 Å². The molecule has 21 heavy (non-hydrogen) atoms. The highest BCUT2D eigenvalue weighted by atomic mass is 19.1. The van der Waals surface area contributed by atoms with Crippen LogP contribution >= 0.6 is 0 Å². The van der Waals surface area contributed by atoms with Crippen molar-refractivity contribution in [2.24, 2.45) is 0 Å². The maximum atomic E-state index is 13.8. The van der Waals surface area contributed by atoms with Crippen LogP contribution in [0.4, 0.5) is 20.6 Å². The van der Waals surface area contributed by atoms with Gasteiger partial charge < -0.3 is 9.64 Å². The van der Waals surface area contributed by atoms with Gasteiger partial charge in [-0.15, -0.1) is 0 Å². The standard InChI is InChI=1S/C16H17FN2O2/c1-19(2)15-9-8-13(10-14(15)17)18-16(20)21-11-12-6-4-3-5-7-12/h3-10H,11H2,1-2H3,(H,18,20). The second-order valence-electron chi connectivity index (χ2n) is 4.75. The molecule has 0 radical (unpaired) electrons. The minimum absolute atomic E-state index is 0.172. The van der Waals surface area contributed by atoms with Gasteiger partial charge in [-0.1, -0.05) is 30.3 Å². The molecule has 0 atom stereocenters. The number of halogens is 1. The fourth-order valence-electron chi connectivity index (χ4n) is 1.82. The molecule has 2 rings (SSSR count). The van der Waals surface area contributed by atoms with Crippen molar-refractivity contribution < 1.29 is 13.9 Å². The van der Waals surface area contributed by atoms with Gasteiger partial charge in [0.1, 0.15) is 12.4 Å². The summed E-state index contributed by atoms with van der Waals surface area (Å²) in [5.41, 5.74) is 1.70. The SMILES string of the molecule is CN(C)c1ccc(NC(=O)OCc2ccccc2)cc1F. The van der Waals surface area contributed by atoms with Gasteiger partial charge in [0.2, 0.25) is 0 Å². The molecule has 0 aliphatic carbocycles. The van der Waals surface area contributed by atoms with Gasteiger partial charge in [-0.2, -0.15) is 0 Å². The molecule has 0 aliphatic rings. The molecule has 2 aromatic carbocycles. The van der Waals surface area contributed by atoms with Crippen molar-refractivity contribution in [2.45, 2.75) is 6.61 Å². The summed E-state index contributed by atoms with van der Waals surface area (Å²) < 4.78 is 18.8. The fourth-order valence-corrected chi connectivity index (χ4v) is 1.82. The molecule has 0 fully saturated rings. The Morgan fingerprint density at radius 3 is 2.52 bits per heavy atom. The fraction of sp³-hybridized carbons (Fsp3) is 0.188. The molecule has 110 valence electrons. The summed E-state index contributed by atoms with van der Waals surface area (Å²) in [4.78, 5) is 13.3. The van der Waals surface area contributed by atoms with Crippen LogP contribution in [0.3, 0.4) is 0 Å². The number of rotatable bonds is 4. The molecule has 0 saturated heterocycles. The van der Waals surface area contributed by atoms with Crippen LogP contribution in [0.5, 0.6) is 0 Å². The molecule has 0 unspecified atom stereocenters. The van der Waals surface area contributed by atoms with Crippen LogP contribution in [0.2, 0.25) is 0 Å². The quantitative estimate of drug-likeness (QED) is 0.934. The van der Waals surface area contributed by atoms with Gasteiger partial charge in [-0.25, -0.2) is 9.18 Å². The molecule has 0 spiro atoms. The average Bonchev–Trinajstić information content (AvgIpc) is 2.46. The summed E-state index contributed by atoms with van der Waals surface area (Å²) >= 11 is 0. The highest BCUT2D eigenvalue weighted by molar-refractivity contribution is 5.84. The minimum Gasteiger partial charge on any atom is -0.444 e. The number of carbonyl (C=O) groups is 1. The summed E-state index contributed by atoms with van der Waals surface area (Å²) in [6, 6.07) is 13.8. The lowest BCUT2D eigenvalue weighted by Crippen LogP contribution is -2.15. The third-order valence-electron chi connectivity index (χ3n) is 2.89. The van der Waals surface area contributed by atoms with E-state index in [1.54, 1.807) is 31.1 Å². The Kier molecular flexibility index (Phi) is 4.77. The Balaban J connectivity index is 1.92. The summed E-state index contributed by atoms with van der Waals surface area (Å²) in [6.45, 7) is 0.172. The Labute approximate surface area is 123 Å². The van der Waals surface area contributed by atoms with Gasteiger partial charge in [0.15, 0.2) is 0 Å². The number of amides is 1. The highest BCUT2D eigenvalue weighted by Gasteiger charge is 2.08. The van der Waals surface area contributed by atoms with E-state index < -0.39 is 11.9 Å². The van der Waals surface area contributed by atoms with E-state index in [1.807, 2.05) is 30.3 Å². The van der Waals surface area contributed by atoms with Crippen LogP contribution in [-0.4, -0.2) is 20.2 Å². The number of hydrogen-bond acceptors (Lipinski definition) is 3. The lowest BCUT2D eigenvalue weighted by Gasteiger charge is -2.14. The van der Waals surface area contributed by atoms with Crippen LogP contribution < -0.4 is 10.2 Å². The van der Waals surface area contributed by atoms with Gasteiger partial charge in [0, 0.05) is 19.8 Å². The van der Waals surface area contributed by atoms with Gasteiger partial charge in [-0.3, -0.25) is 5.32 Å². The average molecular weight is 288 g/mol. The van der Waals surface area contributed by atoms with Crippen LogP contribution in [0, 0.1) is 5.82 Å². The van der Waals surface area contributed by atoms with E-state index in [2.05, 4.69) is 5.32 Å². The van der Waals surface area contributed by atoms with Crippen molar-refractivity contribution in [1.82, 2.24) is 0 Å². The van der Waals surface area contributed by atoms with Crippen LogP contribution in [-0.2, 0) is 11.3 Å². The minimum atomic E-state index is -0.615. The molecule has 0 heterocycles. The predicted molar refractivity (Wildman–Crippen MR) is 81.0 cm³/mol. The van der Waals surface area contributed by atoms with E-state index in [9.17, 15) is 9.18 Å². The predicted octanol–water partition coefficient (Wildman–Crippen LogP) is 3.64. The first kappa shape index (κ1) is 14.8. The van der Waals surface area contributed by atoms with Crippen molar-refractivity contribution in [1.29, 1.82) is 0 Å². The number of anilines is 2. The van der Waals surface area contributed by atoms with Crippen LogP contribution in [0.15, 0.2) is 48.5 Å². The zero-order valence-electron chi connectivity index (χ0n) is 12.0. The number of nitrogens with one attached hydrogen (secondary N) is 1. The molecule has 5 heteroatoms. The molecule has 0 bridgehead atoms. The molecule has 1 amide bonds. The summed E-state index contributed by atoms with van der Waals surface area (Å²) in [6.07, 6.45) is -0.615. The van der Waals surface area contributed by atoms with Crippen LogP contribution in [0.25, 0.3) is 0 Å². The Bertz CT molecular complexity index is 615.